The lowest BCUT2D eigenvalue weighted by molar-refractivity contribution is -0.321. The first-order chi connectivity index (χ1) is 23.4. The number of carbonyl (C=O) groups is 3. The Kier molecular flexibility index (Phi) is 16.4. The van der Waals surface area contributed by atoms with Gasteiger partial charge in [-0.2, -0.15) is 0 Å². The highest BCUT2D eigenvalue weighted by Crippen LogP contribution is 2.44. The third kappa shape index (κ3) is 10.5. The average Bonchev–Trinajstić information content (AvgIpc) is 3.06. The van der Waals surface area contributed by atoms with Crippen LogP contribution in [0, 0.1) is 47.3 Å². The summed E-state index contributed by atoms with van der Waals surface area (Å²) in [6.45, 7) is 16.9. The maximum absolute atomic E-state index is 13.7. The van der Waals surface area contributed by atoms with Gasteiger partial charge in [0.1, 0.15) is 12.2 Å². The van der Waals surface area contributed by atoms with Crippen molar-refractivity contribution in [3.63, 3.8) is 0 Å². The molecule has 0 aromatic rings. The van der Waals surface area contributed by atoms with E-state index >= 15 is 0 Å². The van der Waals surface area contributed by atoms with Gasteiger partial charge in [0.15, 0.2) is 5.79 Å². The molecule has 1 fully saturated rings. The molecule has 2 rings (SSSR count). The number of allylic oxidation sites excluding steroid dienone is 6. The van der Waals surface area contributed by atoms with Crippen LogP contribution in [-0.2, 0) is 42.8 Å². The standard InChI is InChI=1S/C39H62O11/c1-21(2)34-26(7)29(36(41)47-12)20-39(44,50-34)28(9)33(40)27(8)35-30(45-10)16-14-15-22(3)17-24(5)32(38(43)48-13)25(6)18-23(4)19-31(46-11)37(42)49-35/h14-16,18-19,21,24-30,32-35,40,44H,17,20H2,1-13H3/b16-14+,22-15+,23-18+,31-19-/t24-,25+,26-,27-,28-,29+,30-,32-,33+,34+,35+,39+/m0/s1. The zero-order chi connectivity index (χ0) is 38.1. The number of carbonyl (C=O) groups excluding carboxylic acids is 3. The van der Waals surface area contributed by atoms with Gasteiger partial charge >= 0.3 is 17.9 Å². The molecule has 2 aliphatic heterocycles. The third-order valence-electron chi connectivity index (χ3n) is 10.6. The van der Waals surface area contributed by atoms with E-state index in [9.17, 15) is 24.6 Å². The number of cyclic esters (lactones) is 1. The van der Waals surface area contributed by atoms with Crippen molar-refractivity contribution in [3.8, 4) is 0 Å². The molecular weight excluding hydrogens is 644 g/mol. The van der Waals surface area contributed by atoms with Gasteiger partial charge in [-0.25, -0.2) is 4.79 Å². The molecule has 0 bridgehead atoms. The van der Waals surface area contributed by atoms with Crippen molar-refractivity contribution in [3.05, 3.63) is 47.3 Å². The summed E-state index contributed by atoms with van der Waals surface area (Å²) in [7, 11) is 5.53. The molecule has 0 radical (unpaired) electrons. The summed E-state index contributed by atoms with van der Waals surface area (Å²) < 4.78 is 33.9. The number of esters is 3. The molecule has 11 nitrogen and oxygen atoms in total. The van der Waals surface area contributed by atoms with Crippen LogP contribution in [0.4, 0.5) is 0 Å². The fourth-order valence-corrected chi connectivity index (χ4v) is 7.61. The summed E-state index contributed by atoms with van der Waals surface area (Å²) in [5.41, 5.74) is 1.69. The van der Waals surface area contributed by atoms with Crippen molar-refractivity contribution in [2.75, 3.05) is 28.4 Å². The number of rotatable bonds is 9. The lowest BCUT2D eigenvalue weighted by atomic mass is 9.72. The summed E-state index contributed by atoms with van der Waals surface area (Å²) in [4.78, 5) is 39.4. The molecule has 0 aromatic carbocycles. The van der Waals surface area contributed by atoms with E-state index in [-0.39, 0.29) is 41.8 Å². The van der Waals surface area contributed by atoms with Crippen molar-refractivity contribution in [2.24, 2.45) is 47.3 Å². The topological polar surface area (TPSA) is 147 Å². The summed E-state index contributed by atoms with van der Waals surface area (Å²) in [5.74, 6) is -6.85. The van der Waals surface area contributed by atoms with Gasteiger partial charge in [-0.3, -0.25) is 9.59 Å². The van der Waals surface area contributed by atoms with Crippen LogP contribution in [-0.4, -0.2) is 86.8 Å². The zero-order valence-electron chi connectivity index (χ0n) is 32.3. The molecule has 12 atom stereocenters. The molecule has 0 spiro atoms. The molecule has 11 heteroatoms. The zero-order valence-corrected chi connectivity index (χ0v) is 32.3. The highest BCUT2D eigenvalue weighted by Gasteiger charge is 2.53. The van der Waals surface area contributed by atoms with E-state index in [0.29, 0.717) is 12.0 Å². The predicted molar refractivity (Wildman–Crippen MR) is 189 cm³/mol. The number of aliphatic hydroxyl groups is 2. The van der Waals surface area contributed by atoms with Crippen molar-refractivity contribution >= 4 is 17.9 Å². The lowest BCUT2D eigenvalue weighted by Gasteiger charge is -2.50. The maximum Gasteiger partial charge on any atom is 0.373 e. The van der Waals surface area contributed by atoms with E-state index < -0.39 is 65.8 Å². The summed E-state index contributed by atoms with van der Waals surface area (Å²) in [5, 5.41) is 23.9. The molecule has 0 saturated carbocycles. The van der Waals surface area contributed by atoms with Gasteiger partial charge in [0, 0.05) is 25.4 Å². The molecule has 284 valence electrons. The van der Waals surface area contributed by atoms with Crippen LogP contribution in [0.1, 0.15) is 75.2 Å². The third-order valence-corrected chi connectivity index (χ3v) is 10.6. The Morgan fingerprint density at radius 1 is 0.980 bits per heavy atom. The number of hydrogen-bond donors (Lipinski definition) is 2. The molecule has 2 heterocycles. The second-order valence-electron chi connectivity index (χ2n) is 14.7. The molecule has 0 aliphatic carbocycles. The van der Waals surface area contributed by atoms with Crippen LogP contribution in [0.15, 0.2) is 47.3 Å². The minimum atomic E-state index is -1.89. The van der Waals surface area contributed by atoms with Crippen molar-refractivity contribution in [2.45, 2.75) is 105 Å². The molecule has 0 unspecified atom stereocenters. The Labute approximate surface area is 299 Å². The first-order valence-corrected chi connectivity index (χ1v) is 17.6. The van der Waals surface area contributed by atoms with Crippen LogP contribution < -0.4 is 0 Å². The van der Waals surface area contributed by atoms with Crippen molar-refractivity contribution < 1.29 is 53.0 Å². The second-order valence-corrected chi connectivity index (χ2v) is 14.7. The van der Waals surface area contributed by atoms with Crippen molar-refractivity contribution in [1.29, 1.82) is 0 Å². The summed E-state index contributed by atoms with van der Waals surface area (Å²) in [6, 6.07) is 0. The maximum atomic E-state index is 13.7. The Bertz CT molecular complexity index is 1280. The van der Waals surface area contributed by atoms with Gasteiger partial charge in [-0.15, -0.1) is 0 Å². The number of aliphatic hydroxyl groups excluding tert-OH is 1. The average molecular weight is 707 g/mol. The molecule has 2 aliphatic rings. The highest BCUT2D eigenvalue weighted by molar-refractivity contribution is 5.87. The number of ether oxygens (including phenoxy) is 6. The van der Waals surface area contributed by atoms with E-state index in [1.165, 1.54) is 28.4 Å². The Morgan fingerprint density at radius 3 is 2.14 bits per heavy atom. The monoisotopic (exact) mass is 706 g/mol. The van der Waals surface area contributed by atoms with E-state index in [0.717, 1.165) is 5.57 Å². The van der Waals surface area contributed by atoms with Crippen LogP contribution in [0.25, 0.3) is 0 Å². The van der Waals surface area contributed by atoms with Crippen molar-refractivity contribution in [1.82, 2.24) is 0 Å². The smallest absolute Gasteiger partial charge is 0.373 e. The molecule has 50 heavy (non-hydrogen) atoms. The molecular formula is C39H62O11. The van der Waals surface area contributed by atoms with Gasteiger partial charge in [0.05, 0.1) is 45.4 Å². The Hall–Kier alpha value is -2.99. The van der Waals surface area contributed by atoms with Gasteiger partial charge in [-0.05, 0) is 50.0 Å². The molecule has 0 amide bonds. The van der Waals surface area contributed by atoms with Gasteiger partial charge in [0.25, 0.3) is 0 Å². The largest absolute Gasteiger partial charge is 0.490 e. The fourth-order valence-electron chi connectivity index (χ4n) is 7.61. The van der Waals surface area contributed by atoms with Gasteiger partial charge in [-0.1, -0.05) is 83.9 Å². The summed E-state index contributed by atoms with van der Waals surface area (Å²) in [6.07, 6.45) is 5.82. The minimum Gasteiger partial charge on any atom is -0.490 e. The summed E-state index contributed by atoms with van der Waals surface area (Å²) >= 11 is 0. The fraction of sp³-hybridized carbons (Fsp3) is 0.718. The van der Waals surface area contributed by atoms with Gasteiger partial charge < -0.3 is 38.6 Å². The first kappa shape index (κ1) is 43.2. The normalized spacial score (nSPS) is 37.4. The SMILES string of the molecule is COC(=O)[C@@H]1[C@H](C)/C=C(C)/C=C(\OC)C(=O)O[C@H]([C@@H](C)[C@@H](O)[C@H](C)[C@@]2(O)C[C@@H](C(=O)OC)[C@H](C)[C@@H](C(C)C)O2)[C@@H](OC)/C=C/C=C(\C)C[C@@H]1C. The van der Waals surface area contributed by atoms with E-state index in [2.05, 4.69) is 0 Å². The number of hydrogen-bond acceptors (Lipinski definition) is 11. The van der Waals surface area contributed by atoms with Crippen LogP contribution in [0.5, 0.6) is 0 Å². The predicted octanol–water partition coefficient (Wildman–Crippen LogP) is 5.55. The lowest BCUT2D eigenvalue weighted by Crippen LogP contribution is -2.59. The quantitative estimate of drug-likeness (QED) is 0.230. The van der Waals surface area contributed by atoms with Crippen LogP contribution in [0.3, 0.4) is 0 Å². The van der Waals surface area contributed by atoms with E-state index in [4.69, 9.17) is 28.4 Å². The highest BCUT2D eigenvalue weighted by atomic mass is 16.6. The second kappa shape index (κ2) is 19.0. The number of methoxy groups -OCH3 is 4. The van der Waals surface area contributed by atoms with E-state index in [1.54, 1.807) is 39.0 Å². The molecule has 1 saturated heterocycles. The molecule has 0 aromatic heterocycles. The molecule has 2 N–H and O–H groups in total. The van der Waals surface area contributed by atoms with Gasteiger partial charge in [0.2, 0.25) is 5.76 Å². The van der Waals surface area contributed by atoms with E-state index in [1.807, 2.05) is 53.7 Å². The first-order valence-electron chi connectivity index (χ1n) is 17.6. The van der Waals surface area contributed by atoms with Crippen LogP contribution in [0.2, 0.25) is 0 Å². The van der Waals surface area contributed by atoms with Crippen LogP contribution >= 0.6 is 0 Å². The minimum absolute atomic E-state index is 0.0339. The Balaban J connectivity index is 2.60. The Morgan fingerprint density at radius 2 is 1.60 bits per heavy atom.